The fourth-order valence-corrected chi connectivity index (χ4v) is 2.05. The Balaban J connectivity index is 2.25. The summed E-state index contributed by atoms with van der Waals surface area (Å²) < 4.78 is 5.79. The maximum Gasteiger partial charge on any atom is 0.304 e. The van der Waals surface area contributed by atoms with Gasteiger partial charge in [-0.2, -0.15) is 0 Å². The second-order valence-electron chi connectivity index (χ2n) is 5.37. The number of amides is 1. The molecule has 4 heteroatoms. The molecular formula is C17H22N2O2. The van der Waals surface area contributed by atoms with Gasteiger partial charge in [-0.05, 0) is 6.42 Å². The summed E-state index contributed by atoms with van der Waals surface area (Å²) >= 11 is 0. The minimum Gasteiger partial charge on any atom is -0.423 e. The van der Waals surface area contributed by atoms with Crippen molar-refractivity contribution in [2.24, 2.45) is 5.92 Å². The molecule has 1 amide bonds. The molecule has 0 fully saturated rings. The number of carbonyl (C=O) groups excluding carboxylic acids is 1. The highest BCUT2D eigenvalue weighted by molar-refractivity contribution is 5.92. The van der Waals surface area contributed by atoms with Crippen molar-refractivity contribution in [3.8, 4) is 11.3 Å². The molecule has 0 N–H and O–H groups in total. The Kier molecular flexibility index (Phi) is 5.14. The van der Waals surface area contributed by atoms with Crippen molar-refractivity contribution in [3.63, 3.8) is 0 Å². The van der Waals surface area contributed by atoms with Crippen LogP contribution in [0.5, 0.6) is 0 Å². The molecule has 0 unspecified atom stereocenters. The molecule has 112 valence electrons. The Labute approximate surface area is 125 Å². The zero-order chi connectivity index (χ0) is 15.2. The van der Waals surface area contributed by atoms with E-state index in [1.54, 1.807) is 11.1 Å². The maximum atomic E-state index is 12.3. The molecule has 21 heavy (non-hydrogen) atoms. The van der Waals surface area contributed by atoms with Gasteiger partial charge in [0.1, 0.15) is 0 Å². The van der Waals surface area contributed by atoms with E-state index >= 15 is 0 Å². The second-order valence-corrected chi connectivity index (χ2v) is 5.37. The van der Waals surface area contributed by atoms with Crippen molar-refractivity contribution >= 4 is 11.9 Å². The number of carbonyl (C=O) groups is 1. The Hall–Kier alpha value is -2.10. The molecule has 2 aromatic rings. The third kappa shape index (κ3) is 3.72. The van der Waals surface area contributed by atoms with Gasteiger partial charge in [0.2, 0.25) is 5.91 Å². The van der Waals surface area contributed by atoms with Crippen molar-refractivity contribution in [2.45, 2.75) is 33.6 Å². The van der Waals surface area contributed by atoms with Crippen LogP contribution in [0.3, 0.4) is 0 Å². The number of nitrogens with zero attached hydrogens (tertiary/aromatic N) is 2. The number of rotatable bonds is 6. The minimum absolute atomic E-state index is 0.0462. The normalized spacial score (nSPS) is 10.9. The zero-order valence-corrected chi connectivity index (χ0v) is 12.9. The summed E-state index contributed by atoms with van der Waals surface area (Å²) in [5.74, 6) is 0.655. The molecule has 0 saturated carbocycles. The van der Waals surface area contributed by atoms with Crippen LogP contribution in [0.25, 0.3) is 11.3 Å². The molecule has 0 aliphatic rings. The first kappa shape index (κ1) is 15.3. The van der Waals surface area contributed by atoms with Gasteiger partial charge >= 0.3 is 6.01 Å². The maximum absolute atomic E-state index is 12.3. The SMILES string of the molecule is CCCCN(C(=O)C(C)C)c1ncc(-c2ccccc2)o1. The molecule has 0 aliphatic heterocycles. The Bertz CT molecular complexity index is 575. The van der Waals surface area contributed by atoms with Crippen LogP contribution < -0.4 is 4.90 Å². The summed E-state index contributed by atoms with van der Waals surface area (Å²) in [6, 6.07) is 10.2. The third-order valence-electron chi connectivity index (χ3n) is 3.28. The highest BCUT2D eigenvalue weighted by Crippen LogP contribution is 2.25. The molecule has 4 nitrogen and oxygen atoms in total. The predicted molar refractivity (Wildman–Crippen MR) is 84.0 cm³/mol. The summed E-state index contributed by atoms with van der Waals surface area (Å²) in [5, 5.41) is 0. The first-order valence-electron chi connectivity index (χ1n) is 7.46. The highest BCUT2D eigenvalue weighted by Gasteiger charge is 2.22. The van der Waals surface area contributed by atoms with Crippen LogP contribution in [0.2, 0.25) is 0 Å². The van der Waals surface area contributed by atoms with Gasteiger partial charge in [-0.3, -0.25) is 9.69 Å². The van der Waals surface area contributed by atoms with Gasteiger partial charge in [0.05, 0.1) is 6.20 Å². The summed E-state index contributed by atoms with van der Waals surface area (Å²) in [6.07, 6.45) is 3.63. The lowest BCUT2D eigenvalue weighted by atomic mass is 10.2. The molecule has 0 saturated heterocycles. The van der Waals surface area contributed by atoms with E-state index < -0.39 is 0 Å². The van der Waals surface area contributed by atoms with Crippen LogP contribution in [-0.2, 0) is 4.79 Å². The Morgan fingerprint density at radius 3 is 2.62 bits per heavy atom. The average Bonchev–Trinajstić information content (AvgIpc) is 2.98. The van der Waals surface area contributed by atoms with E-state index in [0.717, 1.165) is 18.4 Å². The smallest absolute Gasteiger partial charge is 0.304 e. The van der Waals surface area contributed by atoms with Gasteiger partial charge in [0.25, 0.3) is 0 Å². The van der Waals surface area contributed by atoms with Crippen molar-refractivity contribution in [3.05, 3.63) is 36.5 Å². The van der Waals surface area contributed by atoms with E-state index in [1.165, 1.54) is 0 Å². The molecular weight excluding hydrogens is 264 g/mol. The van der Waals surface area contributed by atoms with E-state index in [0.29, 0.717) is 18.3 Å². The summed E-state index contributed by atoms with van der Waals surface area (Å²) in [6.45, 7) is 6.52. The fourth-order valence-electron chi connectivity index (χ4n) is 2.05. The molecule has 1 heterocycles. The van der Waals surface area contributed by atoms with Crippen LogP contribution in [0.15, 0.2) is 40.9 Å². The highest BCUT2D eigenvalue weighted by atomic mass is 16.4. The van der Waals surface area contributed by atoms with E-state index in [4.69, 9.17) is 4.42 Å². The van der Waals surface area contributed by atoms with Gasteiger partial charge in [0.15, 0.2) is 5.76 Å². The van der Waals surface area contributed by atoms with Crippen molar-refractivity contribution in [1.82, 2.24) is 4.98 Å². The third-order valence-corrected chi connectivity index (χ3v) is 3.28. The lowest BCUT2D eigenvalue weighted by molar-refractivity contribution is -0.121. The average molecular weight is 286 g/mol. The summed E-state index contributed by atoms with van der Waals surface area (Å²) in [5.41, 5.74) is 0.962. The number of aromatic nitrogens is 1. The molecule has 0 spiro atoms. The summed E-state index contributed by atoms with van der Waals surface area (Å²) in [4.78, 5) is 18.3. The van der Waals surface area contributed by atoms with E-state index in [9.17, 15) is 4.79 Å². The number of hydrogen-bond acceptors (Lipinski definition) is 3. The molecule has 0 bridgehead atoms. The van der Waals surface area contributed by atoms with Gasteiger partial charge < -0.3 is 4.42 Å². The fraction of sp³-hybridized carbons (Fsp3) is 0.412. The minimum atomic E-state index is -0.0751. The first-order chi connectivity index (χ1) is 10.1. The largest absolute Gasteiger partial charge is 0.423 e. The lowest BCUT2D eigenvalue weighted by Gasteiger charge is -2.20. The van der Waals surface area contributed by atoms with Crippen LogP contribution >= 0.6 is 0 Å². The number of benzene rings is 1. The molecule has 0 atom stereocenters. The van der Waals surface area contributed by atoms with Crippen LogP contribution in [-0.4, -0.2) is 17.4 Å². The van der Waals surface area contributed by atoms with Crippen LogP contribution in [0, 0.1) is 5.92 Å². The van der Waals surface area contributed by atoms with E-state index in [1.807, 2.05) is 44.2 Å². The van der Waals surface area contributed by atoms with Crippen LogP contribution in [0.1, 0.15) is 33.6 Å². The Morgan fingerprint density at radius 1 is 1.29 bits per heavy atom. The topological polar surface area (TPSA) is 46.3 Å². The first-order valence-corrected chi connectivity index (χ1v) is 7.46. The van der Waals surface area contributed by atoms with E-state index in [2.05, 4.69) is 11.9 Å². The van der Waals surface area contributed by atoms with Gasteiger partial charge in [-0.1, -0.05) is 57.5 Å². The monoisotopic (exact) mass is 286 g/mol. The molecule has 0 aliphatic carbocycles. The number of anilines is 1. The second kappa shape index (κ2) is 7.07. The van der Waals surface area contributed by atoms with Gasteiger partial charge in [-0.25, -0.2) is 4.98 Å². The number of oxazole rings is 1. The lowest BCUT2D eigenvalue weighted by Crippen LogP contribution is -2.35. The molecule has 2 rings (SSSR count). The van der Waals surface area contributed by atoms with E-state index in [-0.39, 0.29) is 11.8 Å². The van der Waals surface area contributed by atoms with Gasteiger partial charge in [0, 0.05) is 18.0 Å². The Morgan fingerprint density at radius 2 is 2.00 bits per heavy atom. The standard InChI is InChI=1S/C17H22N2O2/c1-4-5-11-19(16(20)13(2)3)17-18-12-15(21-17)14-9-7-6-8-10-14/h6-10,12-13H,4-5,11H2,1-3H3. The molecule has 1 aromatic carbocycles. The zero-order valence-electron chi connectivity index (χ0n) is 12.9. The summed E-state index contributed by atoms with van der Waals surface area (Å²) in [7, 11) is 0. The predicted octanol–water partition coefficient (Wildman–Crippen LogP) is 4.13. The molecule has 1 aromatic heterocycles. The molecule has 0 radical (unpaired) electrons. The van der Waals surface area contributed by atoms with Crippen LogP contribution in [0.4, 0.5) is 6.01 Å². The number of hydrogen-bond donors (Lipinski definition) is 0. The van der Waals surface area contributed by atoms with Gasteiger partial charge in [-0.15, -0.1) is 0 Å². The quantitative estimate of drug-likeness (QED) is 0.802. The number of unbranched alkanes of at least 4 members (excludes halogenated alkanes) is 1. The van der Waals surface area contributed by atoms with Crippen molar-refractivity contribution in [2.75, 3.05) is 11.4 Å². The van der Waals surface area contributed by atoms with Crippen molar-refractivity contribution < 1.29 is 9.21 Å². The van der Waals surface area contributed by atoms with Crippen molar-refractivity contribution in [1.29, 1.82) is 0 Å².